The van der Waals surface area contributed by atoms with E-state index in [1.807, 2.05) is 61.5 Å². The zero-order chi connectivity index (χ0) is 26.4. The summed E-state index contributed by atoms with van der Waals surface area (Å²) in [5.74, 6) is -0.580. The lowest BCUT2D eigenvalue weighted by Gasteiger charge is -2.07. The molecule has 8 nitrogen and oxygen atoms in total. The number of thiazole rings is 1. The highest BCUT2D eigenvalue weighted by atomic mass is 32.1. The summed E-state index contributed by atoms with van der Waals surface area (Å²) in [6.07, 6.45) is 0. The molecule has 6 rings (SSSR count). The first-order valence-corrected chi connectivity index (χ1v) is 12.9. The minimum absolute atomic E-state index is 0.124. The maximum Gasteiger partial charge on any atom is 0.359 e. The zero-order valence-corrected chi connectivity index (χ0v) is 21.4. The van der Waals surface area contributed by atoms with Gasteiger partial charge in [0.15, 0.2) is 5.69 Å². The first kappa shape index (κ1) is 23.6. The number of nitrogens with two attached hydrogens (primary N) is 1. The van der Waals surface area contributed by atoms with E-state index in [0.717, 1.165) is 21.7 Å². The van der Waals surface area contributed by atoms with Crippen molar-refractivity contribution >= 4 is 44.7 Å². The molecule has 0 atom stereocenters. The summed E-state index contributed by atoms with van der Waals surface area (Å²) in [5.41, 5.74) is 9.58. The van der Waals surface area contributed by atoms with E-state index >= 15 is 0 Å². The smallest absolute Gasteiger partial charge is 0.359 e. The zero-order valence-electron chi connectivity index (χ0n) is 20.6. The van der Waals surface area contributed by atoms with Crippen LogP contribution in [-0.2, 0) is 4.74 Å². The normalized spacial score (nSPS) is 11.3. The van der Waals surface area contributed by atoms with E-state index < -0.39 is 11.6 Å². The number of carbonyl (C=O) groups excluding carboxylic acids is 1. The Hall–Kier alpha value is -4.76. The van der Waals surface area contributed by atoms with Gasteiger partial charge in [-0.05, 0) is 48.9 Å². The minimum Gasteiger partial charge on any atom is -0.461 e. The van der Waals surface area contributed by atoms with Crippen LogP contribution in [0.3, 0.4) is 0 Å². The Balaban J connectivity index is 1.48. The SMILES string of the molecule is CCOC(=O)c1c(N)c(-c2nc(-c3cc4c(ccc5ccccc54)oc3=O)cs2)nn1-c1ccc(C)cc1. The first-order chi connectivity index (χ1) is 18.4. The molecule has 0 unspecified atom stereocenters. The number of anilines is 1. The van der Waals surface area contributed by atoms with Gasteiger partial charge in [0.05, 0.1) is 29.2 Å². The van der Waals surface area contributed by atoms with Crippen LogP contribution in [0.15, 0.2) is 81.3 Å². The van der Waals surface area contributed by atoms with Crippen LogP contribution in [0.1, 0.15) is 23.0 Å². The van der Waals surface area contributed by atoms with Crippen molar-refractivity contribution in [2.75, 3.05) is 12.3 Å². The molecule has 0 saturated heterocycles. The van der Waals surface area contributed by atoms with Gasteiger partial charge < -0.3 is 14.9 Å². The van der Waals surface area contributed by atoms with E-state index in [1.165, 1.54) is 16.0 Å². The number of ether oxygens (including phenoxy) is 1. The second-order valence-electron chi connectivity index (χ2n) is 8.76. The minimum atomic E-state index is -0.580. The Morgan fingerprint density at radius 2 is 1.87 bits per heavy atom. The molecule has 6 aromatic rings. The van der Waals surface area contributed by atoms with Gasteiger partial charge in [-0.25, -0.2) is 19.3 Å². The summed E-state index contributed by atoms with van der Waals surface area (Å²) in [4.78, 5) is 30.4. The van der Waals surface area contributed by atoms with Crippen LogP contribution in [0.2, 0.25) is 0 Å². The van der Waals surface area contributed by atoms with Gasteiger partial charge in [-0.1, -0.05) is 48.0 Å². The lowest BCUT2D eigenvalue weighted by molar-refractivity contribution is 0.0517. The van der Waals surface area contributed by atoms with Gasteiger partial charge in [0.25, 0.3) is 0 Å². The van der Waals surface area contributed by atoms with Gasteiger partial charge in [-0.3, -0.25) is 0 Å². The molecule has 0 spiro atoms. The Bertz CT molecular complexity index is 1900. The number of rotatable bonds is 5. The maximum atomic E-state index is 12.9. The summed E-state index contributed by atoms with van der Waals surface area (Å²) >= 11 is 1.27. The third-order valence-corrected chi connectivity index (χ3v) is 7.14. The van der Waals surface area contributed by atoms with Gasteiger partial charge in [-0.2, -0.15) is 5.10 Å². The van der Waals surface area contributed by atoms with E-state index in [0.29, 0.717) is 33.2 Å². The van der Waals surface area contributed by atoms with Crippen molar-refractivity contribution in [3.05, 3.63) is 93.8 Å². The Morgan fingerprint density at radius 1 is 1.08 bits per heavy atom. The maximum absolute atomic E-state index is 12.9. The fraction of sp³-hybridized carbons (Fsp3) is 0.103. The van der Waals surface area contributed by atoms with Crippen molar-refractivity contribution < 1.29 is 13.9 Å². The third kappa shape index (κ3) is 3.93. The molecule has 3 aromatic heterocycles. The van der Waals surface area contributed by atoms with Gasteiger partial charge in [0.2, 0.25) is 0 Å². The molecule has 3 aromatic carbocycles. The molecule has 0 amide bonds. The van der Waals surface area contributed by atoms with Crippen LogP contribution in [0.5, 0.6) is 0 Å². The molecular formula is C29H22N4O4S. The fourth-order valence-electron chi connectivity index (χ4n) is 4.41. The summed E-state index contributed by atoms with van der Waals surface area (Å²) < 4.78 is 12.4. The van der Waals surface area contributed by atoms with Crippen LogP contribution >= 0.6 is 11.3 Å². The highest BCUT2D eigenvalue weighted by Gasteiger charge is 2.26. The Morgan fingerprint density at radius 3 is 2.66 bits per heavy atom. The number of hydrogen-bond donors (Lipinski definition) is 1. The van der Waals surface area contributed by atoms with E-state index in [1.54, 1.807) is 24.4 Å². The molecule has 0 aliphatic rings. The highest BCUT2D eigenvalue weighted by molar-refractivity contribution is 7.13. The van der Waals surface area contributed by atoms with Crippen molar-refractivity contribution in [3.63, 3.8) is 0 Å². The molecule has 0 bridgehead atoms. The van der Waals surface area contributed by atoms with Crippen LogP contribution in [-0.4, -0.2) is 27.3 Å². The highest BCUT2D eigenvalue weighted by Crippen LogP contribution is 2.35. The molecule has 3 heterocycles. The van der Waals surface area contributed by atoms with Gasteiger partial charge in [-0.15, -0.1) is 11.3 Å². The van der Waals surface area contributed by atoms with Crippen molar-refractivity contribution in [1.82, 2.24) is 14.8 Å². The topological polar surface area (TPSA) is 113 Å². The van der Waals surface area contributed by atoms with E-state index in [9.17, 15) is 9.59 Å². The van der Waals surface area contributed by atoms with E-state index in [4.69, 9.17) is 14.9 Å². The van der Waals surface area contributed by atoms with Gasteiger partial charge in [0.1, 0.15) is 16.3 Å². The van der Waals surface area contributed by atoms with Crippen molar-refractivity contribution in [2.24, 2.45) is 0 Å². The molecule has 0 fully saturated rings. The average molecular weight is 523 g/mol. The second-order valence-corrected chi connectivity index (χ2v) is 9.62. The van der Waals surface area contributed by atoms with Gasteiger partial charge in [0, 0.05) is 10.8 Å². The van der Waals surface area contributed by atoms with Crippen LogP contribution in [0.4, 0.5) is 5.69 Å². The lowest BCUT2D eigenvalue weighted by Crippen LogP contribution is -2.13. The second kappa shape index (κ2) is 9.28. The van der Waals surface area contributed by atoms with Crippen LogP contribution in [0, 0.1) is 6.92 Å². The monoisotopic (exact) mass is 522 g/mol. The van der Waals surface area contributed by atoms with Gasteiger partial charge >= 0.3 is 11.6 Å². The standard InChI is InChI=1S/C29H22N4O4S/c1-3-36-29(35)26-24(30)25(32-33(26)18-11-8-16(2)9-12-18)27-31-22(15-38-27)21-14-20-19-7-5-4-6-17(19)10-13-23(20)37-28(21)34/h4-15H,3,30H2,1-2H3. The number of aryl methyl sites for hydroxylation is 1. The number of nitrogen functional groups attached to an aromatic ring is 1. The Labute approximate surface area is 220 Å². The number of benzene rings is 3. The Kier molecular flexibility index (Phi) is 5.77. The number of esters is 1. The van der Waals surface area contributed by atoms with E-state index in [2.05, 4.69) is 10.1 Å². The molecule has 38 heavy (non-hydrogen) atoms. The van der Waals surface area contributed by atoms with Crippen molar-refractivity contribution in [1.29, 1.82) is 0 Å². The molecule has 188 valence electrons. The number of aromatic nitrogens is 3. The summed E-state index contributed by atoms with van der Waals surface area (Å²) in [6, 6.07) is 21.0. The quantitative estimate of drug-likeness (QED) is 0.168. The summed E-state index contributed by atoms with van der Waals surface area (Å²) in [7, 11) is 0. The number of fused-ring (bicyclic) bond motifs is 3. The summed E-state index contributed by atoms with van der Waals surface area (Å²) in [5, 5.41) is 9.70. The fourth-order valence-corrected chi connectivity index (χ4v) is 5.23. The molecule has 0 saturated carbocycles. The first-order valence-electron chi connectivity index (χ1n) is 12.0. The number of nitrogens with zero attached hydrogens (tertiary/aromatic N) is 3. The van der Waals surface area contributed by atoms with Crippen molar-refractivity contribution in [2.45, 2.75) is 13.8 Å². The number of hydrogen-bond acceptors (Lipinski definition) is 8. The van der Waals surface area contributed by atoms with Crippen molar-refractivity contribution in [3.8, 4) is 27.6 Å². The molecule has 0 radical (unpaired) electrons. The molecule has 0 aliphatic heterocycles. The molecule has 0 aliphatic carbocycles. The predicted molar refractivity (Wildman–Crippen MR) is 149 cm³/mol. The molecular weight excluding hydrogens is 500 g/mol. The number of carbonyl (C=O) groups is 1. The average Bonchev–Trinajstić information content (AvgIpc) is 3.53. The molecule has 9 heteroatoms. The molecule has 2 N–H and O–H groups in total. The predicted octanol–water partition coefficient (Wildman–Crippen LogP) is 5.99. The third-order valence-electron chi connectivity index (χ3n) is 6.29. The largest absolute Gasteiger partial charge is 0.461 e. The van der Waals surface area contributed by atoms with Crippen LogP contribution in [0.25, 0.3) is 49.4 Å². The summed E-state index contributed by atoms with van der Waals surface area (Å²) in [6.45, 7) is 3.90. The van der Waals surface area contributed by atoms with E-state index in [-0.39, 0.29) is 18.0 Å². The lowest BCUT2D eigenvalue weighted by atomic mass is 10.0. The van der Waals surface area contributed by atoms with Crippen LogP contribution < -0.4 is 11.4 Å².